The number of carbonyl (C=O) groups is 4. The van der Waals surface area contributed by atoms with Crippen molar-refractivity contribution in [2.24, 2.45) is 11.8 Å². The summed E-state index contributed by atoms with van der Waals surface area (Å²) in [4.78, 5) is 49.1. The van der Waals surface area contributed by atoms with Gasteiger partial charge in [0.25, 0.3) is 0 Å². The van der Waals surface area contributed by atoms with Crippen molar-refractivity contribution in [2.45, 2.75) is 71.8 Å². The summed E-state index contributed by atoms with van der Waals surface area (Å²) in [6.45, 7) is 8.46. The molecule has 1 aliphatic rings. The number of benzene rings is 2. The fourth-order valence-corrected chi connectivity index (χ4v) is 4.33. The van der Waals surface area contributed by atoms with Crippen LogP contribution >= 0.6 is 0 Å². The minimum Gasteiger partial charge on any atom is -0.462 e. The summed E-state index contributed by atoms with van der Waals surface area (Å²) in [5.74, 6) is -1.17. The van der Waals surface area contributed by atoms with Crippen LogP contribution in [0.4, 0.5) is 0 Å². The van der Waals surface area contributed by atoms with Gasteiger partial charge in [0.1, 0.15) is 5.60 Å². The Hall–Kier alpha value is -3.68. The average Bonchev–Trinajstić information content (AvgIpc) is 2.94. The number of unbranched alkanes of at least 4 members (excludes halogenated alkanes) is 1. The molecule has 2 aromatic carbocycles. The Bertz CT molecular complexity index is 1140. The summed E-state index contributed by atoms with van der Waals surface area (Å²) >= 11 is 0. The van der Waals surface area contributed by atoms with E-state index in [1.807, 2.05) is 6.92 Å². The van der Waals surface area contributed by atoms with E-state index in [-0.39, 0.29) is 11.8 Å². The molecule has 2 aromatic rings. The molecule has 0 bridgehead atoms. The van der Waals surface area contributed by atoms with E-state index in [1.165, 1.54) is 0 Å². The van der Waals surface area contributed by atoms with E-state index in [4.69, 9.17) is 18.9 Å². The fourth-order valence-electron chi connectivity index (χ4n) is 4.33. The van der Waals surface area contributed by atoms with Crippen LogP contribution in [0.2, 0.25) is 0 Å². The predicted octanol–water partition coefficient (Wildman–Crippen LogP) is 6.42. The third kappa shape index (κ3) is 9.81. The van der Waals surface area contributed by atoms with Crippen LogP contribution in [0.3, 0.4) is 0 Å². The van der Waals surface area contributed by atoms with E-state index < -0.39 is 29.5 Å². The van der Waals surface area contributed by atoms with Gasteiger partial charge in [0.2, 0.25) is 0 Å². The van der Waals surface area contributed by atoms with Gasteiger partial charge in [-0.1, -0.05) is 13.3 Å². The minimum atomic E-state index is -0.590. The highest BCUT2D eigenvalue weighted by atomic mass is 16.6. The van der Waals surface area contributed by atoms with Crippen molar-refractivity contribution >= 4 is 23.9 Å². The lowest BCUT2D eigenvalue weighted by molar-refractivity contribution is 0.00684. The first-order chi connectivity index (χ1) is 19.1. The van der Waals surface area contributed by atoms with Crippen molar-refractivity contribution < 1.29 is 38.1 Å². The number of hydrogen-bond donors (Lipinski definition) is 0. The standard InChI is InChI=1S/C32H40O8/c1-5-6-19-37-28(33)24-11-13-25(14-12-24)29(34)38-20-22-7-9-23(10-8-22)21-39-30(35)26-15-17-27(18-16-26)31(36)40-32(2,3)4/h11-18,22-23H,5-10,19-21H2,1-4H3. The van der Waals surface area contributed by atoms with Gasteiger partial charge in [0.05, 0.1) is 42.1 Å². The monoisotopic (exact) mass is 552 g/mol. The largest absolute Gasteiger partial charge is 0.462 e. The molecule has 216 valence electrons. The van der Waals surface area contributed by atoms with Crippen molar-refractivity contribution in [2.75, 3.05) is 19.8 Å². The van der Waals surface area contributed by atoms with Gasteiger partial charge >= 0.3 is 23.9 Å². The van der Waals surface area contributed by atoms with E-state index in [9.17, 15) is 19.2 Å². The maximum Gasteiger partial charge on any atom is 0.338 e. The lowest BCUT2D eigenvalue weighted by Crippen LogP contribution is -2.24. The van der Waals surface area contributed by atoms with Gasteiger partial charge in [-0.15, -0.1) is 0 Å². The summed E-state index contributed by atoms with van der Waals surface area (Å²) in [6.07, 6.45) is 5.27. The molecule has 1 saturated carbocycles. The molecule has 0 saturated heterocycles. The highest BCUT2D eigenvalue weighted by Crippen LogP contribution is 2.29. The summed E-state index contributed by atoms with van der Waals surface area (Å²) in [5, 5.41) is 0. The molecule has 0 N–H and O–H groups in total. The Morgan fingerprint density at radius 3 is 1.32 bits per heavy atom. The molecule has 40 heavy (non-hydrogen) atoms. The van der Waals surface area contributed by atoms with E-state index in [1.54, 1.807) is 69.3 Å². The van der Waals surface area contributed by atoms with Crippen LogP contribution in [0.25, 0.3) is 0 Å². The number of ether oxygens (including phenoxy) is 4. The predicted molar refractivity (Wildman–Crippen MR) is 149 cm³/mol. The first-order valence-electron chi connectivity index (χ1n) is 14.0. The average molecular weight is 553 g/mol. The fraction of sp³-hybridized carbons (Fsp3) is 0.500. The molecule has 8 nitrogen and oxygen atoms in total. The third-order valence-electron chi connectivity index (χ3n) is 6.71. The van der Waals surface area contributed by atoms with Crippen molar-refractivity contribution in [3.8, 4) is 0 Å². The molecule has 0 aliphatic heterocycles. The summed E-state index contributed by atoms with van der Waals surface area (Å²) in [7, 11) is 0. The molecule has 3 rings (SSSR count). The second-order valence-electron chi connectivity index (χ2n) is 11.2. The molecular formula is C32H40O8. The Morgan fingerprint density at radius 2 is 0.975 bits per heavy atom. The van der Waals surface area contributed by atoms with Gasteiger partial charge in [0, 0.05) is 0 Å². The number of esters is 4. The van der Waals surface area contributed by atoms with E-state index in [2.05, 4.69) is 0 Å². The summed E-state index contributed by atoms with van der Waals surface area (Å²) in [5.41, 5.74) is 0.974. The zero-order valence-electron chi connectivity index (χ0n) is 23.9. The van der Waals surface area contributed by atoms with Crippen LogP contribution in [-0.2, 0) is 18.9 Å². The molecule has 0 amide bonds. The topological polar surface area (TPSA) is 105 Å². The quantitative estimate of drug-likeness (QED) is 0.179. The second kappa shape index (κ2) is 14.6. The van der Waals surface area contributed by atoms with Crippen molar-refractivity contribution in [3.05, 3.63) is 70.8 Å². The van der Waals surface area contributed by atoms with Crippen LogP contribution < -0.4 is 0 Å². The molecule has 0 heterocycles. The summed E-state index contributed by atoms with van der Waals surface area (Å²) in [6, 6.07) is 12.6. The maximum atomic E-state index is 12.5. The lowest BCUT2D eigenvalue weighted by atomic mass is 9.83. The maximum absolute atomic E-state index is 12.5. The molecular weight excluding hydrogens is 512 g/mol. The van der Waals surface area contributed by atoms with Crippen molar-refractivity contribution in [1.29, 1.82) is 0 Å². The zero-order valence-corrected chi connectivity index (χ0v) is 23.9. The molecule has 0 spiro atoms. The van der Waals surface area contributed by atoms with Gasteiger partial charge in [-0.2, -0.15) is 0 Å². The number of rotatable bonds is 11. The first-order valence-corrected chi connectivity index (χ1v) is 14.0. The van der Waals surface area contributed by atoms with E-state index in [0.717, 1.165) is 38.5 Å². The highest BCUT2D eigenvalue weighted by Gasteiger charge is 2.24. The van der Waals surface area contributed by atoms with Crippen molar-refractivity contribution in [3.63, 3.8) is 0 Å². The smallest absolute Gasteiger partial charge is 0.338 e. The Morgan fingerprint density at radius 1 is 0.625 bits per heavy atom. The third-order valence-corrected chi connectivity index (χ3v) is 6.71. The van der Waals surface area contributed by atoms with Crippen LogP contribution in [-0.4, -0.2) is 49.3 Å². The number of hydrogen-bond acceptors (Lipinski definition) is 8. The van der Waals surface area contributed by atoms with Gasteiger partial charge in [-0.25, -0.2) is 19.2 Å². The minimum absolute atomic E-state index is 0.251. The van der Waals surface area contributed by atoms with Crippen LogP contribution in [0.5, 0.6) is 0 Å². The normalized spacial score (nSPS) is 17.0. The molecule has 0 aromatic heterocycles. The second-order valence-corrected chi connectivity index (χ2v) is 11.2. The first kappa shape index (κ1) is 30.9. The SMILES string of the molecule is CCCCOC(=O)c1ccc(C(=O)OCC2CCC(COC(=O)c3ccc(C(=O)OC(C)(C)C)cc3)CC2)cc1. The zero-order chi connectivity index (χ0) is 29.1. The molecule has 0 radical (unpaired) electrons. The molecule has 0 atom stereocenters. The summed E-state index contributed by atoms with van der Waals surface area (Å²) < 4.78 is 21.6. The van der Waals surface area contributed by atoms with Crippen LogP contribution in [0, 0.1) is 11.8 Å². The van der Waals surface area contributed by atoms with Crippen LogP contribution in [0.1, 0.15) is 108 Å². The van der Waals surface area contributed by atoms with Gasteiger partial charge in [-0.3, -0.25) is 0 Å². The van der Waals surface area contributed by atoms with E-state index >= 15 is 0 Å². The Labute approximate surface area is 236 Å². The van der Waals surface area contributed by atoms with Gasteiger partial charge < -0.3 is 18.9 Å². The highest BCUT2D eigenvalue weighted by molar-refractivity contribution is 5.94. The molecule has 1 aliphatic carbocycles. The van der Waals surface area contributed by atoms with Crippen molar-refractivity contribution in [1.82, 2.24) is 0 Å². The Balaban J connectivity index is 1.35. The van der Waals surface area contributed by atoms with E-state index in [0.29, 0.717) is 42.1 Å². The Kier molecular flexibility index (Phi) is 11.3. The molecule has 0 unspecified atom stereocenters. The molecule has 1 fully saturated rings. The molecule has 8 heteroatoms. The number of carbonyl (C=O) groups excluding carboxylic acids is 4. The van der Waals surface area contributed by atoms with Gasteiger partial charge in [0.15, 0.2) is 0 Å². The van der Waals surface area contributed by atoms with Crippen LogP contribution in [0.15, 0.2) is 48.5 Å². The van der Waals surface area contributed by atoms with Gasteiger partial charge in [-0.05, 0) is 113 Å². The lowest BCUT2D eigenvalue weighted by Gasteiger charge is -2.27.